The molecule has 1 aliphatic rings. The van der Waals surface area contributed by atoms with Crippen LogP contribution in [0, 0.1) is 6.92 Å². The predicted octanol–water partition coefficient (Wildman–Crippen LogP) is 3.57. The van der Waals surface area contributed by atoms with E-state index in [-0.39, 0.29) is 17.6 Å². The van der Waals surface area contributed by atoms with Gasteiger partial charge in [0.05, 0.1) is 12.1 Å². The fourth-order valence-corrected chi connectivity index (χ4v) is 3.15. The van der Waals surface area contributed by atoms with Crippen LogP contribution in [0.4, 0.5) is 0 Å². The Hall–Kier alpha value is -1.55. The minimum absolute atomic E-state index is 0.0502. The zero-order valence-corrected chi connectivity index (χ0v) is 14.2. The molecule has 22 heavy (non-hydrogen) atoms. The van der Waals surface area contributed by atoms with Crippen molar-refractivity contribution in [2.75, 3.05) is 0 Å². The maximum Gasteiger partial charge on any atom is 0.217 e. The monoisotopic (exact) mass is 305 g/mol. The molecule has 1 aromatic rings. The number of amides is 1. The molecule has 1 amide bonds. The van der Waals surface area contributed by atoms with E-state index in [1.807, 2.05) is 32.9 Å². The highest BCUT2D eigenvalue weighted by atomic mass is 16.5. The average Bonchev–Trinajstić information content (AvgIpc) is 2.38. The topological polar surface area (TPSA) is 58.6 Å². The summed E-state index contributed by atoms with van der Waals surface area (Å²) in [6.45, 7) is 9.65. The summed E-state index contributed by atoms with van der Waals surface area (Å²) < 4.78 is 6.12. The summed E-state index contributed by atoms with van der Waals surface area (Å²) in [5.74, 6) is 0.785. The molecule has 2 unspecified atom stereocenters. The molecule has 4 nitrogen and oxygen atoms in total. The molecule has 0 fully saturated rings. The Morgan fingerprint density at radius 2 is 2.18 bits per heavy atom. The third-order valence-corrected chi connectivity index (χ3v) is 4.10. The summed E-state index contributed by atoms with van der Waals surface area (Å²) in [6.07, 6.45) is 1.90. The number of hydrogen-bond acceptors (Lipinski definition) is 3. The first-order valence-corrected chi connectivity index (χ1v) is 8.02. The number of aliphatic hydroxyl groups is 1. The van der Waals surface area contributed by atoms with Crippen LogP contribution in [0.3, 0.4) is 0 Å². The van der Waals surface area contributed by atoms with Gasteiger partial charge in [0.25, 0.3) is 0 Å². The average molecular weight is 305 g/mol. The second-order valence-corrected chi connectivity index (χ2v) is 6.88. The normalized spacial score (nSPS) is 20.7. The highest BCUT2D eigenvalue weighted by Gasteiger charge is 2.35. The van der Waals surface area contributed by atoms with Gasteiger partial charge in [-0.3, -0.25) is 4.79 Å². The second kappa shape index (κ2) is 6.29. The summed E-state index contributed by atoms with van der Waals surface area (Å²) in [4.78, 5) is 11.5. The number of carbonyl (C=O) groups excluding carboxylic acids is 1. The van der Waals surface area contributed by atoms with Crippen molar-refractivity contribution in [2.24, 2.45) is 0 Å². The first-order valence-electron chi connectivity index (χ1n) is 8.02. The zero-order valence-electron chi connectivity index (χ0n) is 14.2. The van der Waals surface area contributed by atoms with Gasteiger partial charge in [0.2, 0.25) is 5.91 Å². The number of fused-ring (bicyclic) bond motifs is 1. The third kappa shape index (κ3) is 3.61. The Kier molecular flexibility index (Phi) is 4.81. The quantitative estimate of drug-likeness (QED) is 0.894. The number of ether oxygens (including phenoxy) is 1. The van der Waals surface area contributed by atoms with Crippen LogP contribution in [-0.4, -0.2) is 16.6 Å². The van der Waals surface area contributed by atoms with Crippen LogP contribution in [0.5, 0.6) is 5.75 Å². The zero-order chi connectivity index (χ0) is 16.5. The maximum absolute atomic E-state index is 11.5. The van der Waals surface area contributed by atoms with Gasteiger partial charge in [-0.1, -0.05) is 13.3 Å². The number of nitrogens with one attached hydrogen (secondary N) is 1. The number of carbonyl (C=O) groups is 1. The minimum atomic E-state index is -0.470. The van der Waals surface area contributed by atoms with E-state index >= 15 is 0 Å². The van der Waals surface area contributed by atoms with Gasteiger partial charge in [-0.15, -0.1) is 0 Å². The lowest BCUT2D eigenvalue weighted by atomic mass is 9.86. The molecule has 0 spiro atoms. The lowest BCUT2D eigenvalue weighted by Crippen LogP contribution is -2.41. The SMILES string of the molecule is CCCC(O)c1cc(C)c2c(c1)C(NC(C)=O)CC(C)(C)O2. The van der Waals surface area contributed by atoms with Gasteiger partial charge >= 0.3 is 0 Å². The molecule has 0 aromatic heterocycles. The Labute approximate surface area is 132 Å². The fraction of sp³-hybridized carbons (Fsp3) is 0.611. The van der Waals surface area contributed by atoms with Crippen molar-refractivity contribution in [3.63, 3.8) is 0 Å². The predicted molar refractivity (Wildman–Crippen MR) is 86.9 cm³/mol. The smallest absolute Gasteiger partial charge is 0.217 e. The van der Waals surface area contributed by atoms with Crippen molar-refractivity contribution >= 4 is 5.91 Å². The van der Waals surface area contributed by atoms with Crippen molar-refractivity contribution in [1.29, 1.82) is 0 Å². The van der Waals surface area contributed by atoms with Crippen LogP contribution < -0.4 is 10.1 Å². The van der Waals surface area contributed by atoms with E-state index in [2.05, 4.69) is 12.2 Å². The van der Waals surface area contributed by atoms with E-state index in [0.717, 1.165) is 35.3 Å². The molecule has 0 radical (unpaired) electrons. The molecule has 1 aliphatic heterocycles. The Morgan fingerprint density at radius 3 is 2.77 bits per heavy atom. The third-order valence-electron chi connectivity index (χ3n) is 4.10. The summed E-state index contributed by atoms with van der Waals surface area (Å²) in [5.41, 5.74) is 2.55. The van der Waals surface area contributed by atoms with Gasteiger partial charge in [-0.2, -0.15) is 0 Å². The number of hydrogen-bond donors (Lipinski definition) is 2. The first kappa shape index (κ1) is 16.8. The Balaban J connectivity index is 2.46. The van der Waals surface area contributed by atoms with Gasteiger partial charge in [-0.25, -0.2) is 0 Å². The van der Waals surface area contributed by atoms with E-state index in [0.29, 0.717) is 6.42 Å². The van der Waals surface area contributed by atoms with Crippen LogP contribution in [-0.2, 0) is 4.79 Å². The molecule has 0 aliphatic carbocycles. The summed E-state index contributed by atoms with van der Waals surface area (Å²) >= 11 is 0. The first-order chi connectivity index (χ1) is 10.2. The Bertz CT molecular complexity index is 566. The maximum atomic E-state index is 11.5. The molecular weight excluding hydrogens is 278 g/mol. The number of aryl methyl sites for hydroxylation is 1. The molecule has 0 bridgehead atoms. The molecule has 122 valence electrons. The summed E-state index contributed by atoms with van der Waals surface area (Å²) in [7, 11) is 0. The van der Waals surface area contributed by atoms with Crippen LogP contribution >= 0.6 is 0 Å². The van der Waals surface area contributed by atoms with Crippen LogP contribution in [0.15, 0.2) is 12.1 Å². The van der Waals surface area contributed by atoms with E-state index < -0.39 is 6.10 Å². The van der Waals surface area contributed by atoms with E-state index in [4.69, 9.17) is 4.74 Å². The lowest BCUT2D eigenvalue weighted by Gasteiger charge is -2.39. The number of aliphatic hydroxyl groups excluding tert-OH is 1. The molecule has 0 saturated heterocycles. The highest BCUT2D eigenvalue weighted by Crippen LogP contribution is 2.43. The molecule has 2 rings (SSSR count). The van der Waals surface area contributed by atoms with Gasteiger partial charge in [-0.05, 0) is 50.5 Å². The molecule has 1 heterocycles. The Morgan fingerprint density at radius 1 is 1.50 bits per heavy atom. The van der Waals surface area contributed by atoms with Gasteiger partial charge < -0.3 is 15.2 Å². The van der Waals surface area contributed by atoms with Crippen LogP contribution in [0.1, 0.15) is 75.8 Å². The highest BCUT2D eigenvalue weighted by molar-refractivity contribution is 5.73. The van der Waals surface area contributed by atoms with Gasteiger partial charge in [0.15, 0.2) is 0 Å². The molecular formula is C18H27NO3. The van der Waals surface area contributed by atoms with Crippen molar-refractivity contribution in [1.82, 2.24) is 5.32 Å². The molecule has 1 aromatic carbocycles. The number of benzene rings is 1. The molecule has 2 atom stereocenters. The van der Waals surface area contributed by atoms with Crippen molar-refractivity contribution in [3.8, 4) is 5.75 Å². The largest absolute Gasteiger partial charge is 0.487 e. The van der Waals surface area contributed by atoms with E-state index in [1.54, 1.807) is 0 Å². The van der Waals surface area contributed by atoms with E-state index in [1.165, 1.54) is 6.92 Å². The van der Waals surface area contributed by atoms with Crippen LogP contribution in [0.2, 0.25) is 0 Å². The van der Waals surface area contributed by atoms with Crippen LogP contribution in [0.25, 0.3) is 0 Å². The number of rotatable bonds is 4. The van der Waals surface area contributed by atoms with Crippen molar-refractivity contribution in [3.05, 3.63) is 28.8 Å². The van der Waals surface area contributed by atoms with E-state index in [9.17, 15) is 9.90 Å². The minimum Gasteiger partial charge on any atom is -0.487 e. The molecule has 0 saturated carbocycles. The van der Waals surface area contributed by atoms with Gasteiger partial charge in [0, 0.05) is 18.9 Å². The lowest BCUT2D eigenvalue weighted by molar-refractivity contribution is -0.120. The standard InChI is InChI=1S/C18H27NO3/c1-6-7-16(21)13-8-11(2)17-14(9-13)15(19-12(3)20)10-18(4,5)22-17/h8-9,15-16,21H,6-7,10H2,1-5H3,(H,19,20). The summed E-state index contributed by atoms with van der Waals surface area (Å²) in [5, 5.41) is 13.3. The van der Waals surface area contributed by atoms with Crippen molar-refractivity contribution in [2.45, 2.75) is 71.6 Å². The molecule has 4 heteroatoms. The van der Waals surface area contributed by atoms with Crippen molar-refractivity contribution < 1.29 is 14.6 Å². The second-order valence-electron chi connectivity index (χ2n) is 6.88. The van der Waals surface area contributed by atoms with Gasteiger partial charge in [0.1, 0.15) is 11.4 Å². The fourth-order valence-electron chi connectivity index (χ4n) is 3.15. The molecule has 2 N–H and O–H groups in total. The summed E-state index contributed by atoms with van der Waals surface area (Å²) in [6, 6.07) is 3.90.